The zero-order valence-electron chi connectivity index (χ0n) is 19.6. The van der Waals surface area contributed by atoms with Gasteiger partial charge in [-0.15, -0.1) is 22.7 Å². The quantitative estimate of drug-likeness (QED) is 0.369. The Morgan fingerprint density at radius 1 is 1.28 bits per heavy atom. The van der Waals surface area contributed by atoms with Crippen molar-refractivity contribution < 1.29 is 27.5 Å². The molecule has 2 atom stereocenters. The molecule has 2 aliphatic rings. The predicted molar refractivity (Wildman–Crippen MR) is 132 cm³/mol. The summed E-state index contributed by atoms with van der Waals surface area (Å²) < 4.78 is 48.1. The SMILES string of the molecule is CC(C)OC(=O)c1c(NC(=O)c2cc3n(n2)C(C(F)(F)F)CC(c2cccs2)N3)sc2c1CCCC2. The van der Waals surface area contributed by atoms with E-state index in [4.69, 9.17) is 4.74 Å². The number of ether oxygens (including phenoxy) is 1. The Labute approximate surface area is 213 Å². The highest BCUT2D eigenvalue weighted by Gasteiger charge is 2.47. The third-order valence-corrected chi connectivity index (χ3v) is 8.45. The molecule has 192 valence electrons. The van der Waals surface area contributed by atoms with Gasteiger partial charge in [0.15, 0.2) is 11.7 Å². The van der Waals surface area contributed by atoms with E-state index < -0.39 is 30.1 Å². The largest absolute Gasteiger partial charge is 0.459 e. The van der Waals surface area contributed by atoms with Gasteiger partial charge < -0.3 is 15.4 Å². The molecule has 0 saturated heterocycles. The molecule has 0 radical (unpaired) electrons. The van der Waals surface area contributed by atoms with Crippen LogP contribution in [0.2, 0.25) is 0 Å². The van der Waals surface area contributed by atoms with Gasteiger partial charge in [0.2, 0.25) is 0 Å². The highest BCUT2D eigenvalue weighted by atomic mass is 32.1. The molecular formula is C24H25F3N4O3S2. The summed E-state index contributed by atoms with van der Waals surface area (Å²) in [6.45, 7) is 3.50. The van der Waals surface area contributed by atoms with Gasteiger partial charge in [-0.2, -0.15) is 18.3 Å². The first-order chi connectivity index (χ1) is 17.1. The Morgan fingerprint density at radius 3 is 2.75 bits per heavy atom. The average Bonchev–Trinajstić information content (AvgIpc) is 3.54. The lowest BCUT2D eigenvalue weighted by atomic mass is 9.95. The monoisotopic (exact) mass is 538 g/mol. The van der Waals surface area contributed by atoms with Crippen LogP contribution >= 0.6 is 22.7 Å². The van der Waals surface area contributed by atoms with Crippen molar-refractivity contribution in [1.29, 1.82) is 0 Å². The number of esters is 1. The summed E-state index contributed by atoms with van der Waals surface area (Å²) in [5.74, 6) is -1.07. The van der Waals surface area contributed by atoms with Gasteiger partial charge in [0.25, 0.3) is 5.91 Å². The van der Waals surface area contributed by atoms with Crippen LogP contribution in [-0.4, -0.2) is 33.9 Å². The Balaban J connectivity index is 1.45. The number of carbonyl (C=O) groups excluding carboxylic acids is 2. The molecule has 12 heteroatoms. The van der Waals surface area contributed by atoms with Gasteiger partial charge in [-0.05, 0) is 56.5 Å². The van der Waals surface area contributed by atoms with Crippen LogP contribution in [0.1, 0.15) is 81.4 Å². The fraction of sp³-hybridized carbons (Fsp3) is 0.458. The third kappa shape index (κ3) is 4.75. The van der Waals surface area contributed by atoms with Crippen LogP contribution in [0.15, 0.2) is 23.6 Å². The molecule has 0 saturated carbocycles. The van der Waals surface area contributed by atoms with Gasteiger partial charge in [-0.3, -0.25) is 4.79 Å². The number of nitrogens with zero attached hydrogens (tertiary/aromatic N) is 2. The first kappa shape index (κ1) is 24.8. The molecular weight excluding hydrogens is 513 g/mol. The van der Waals surface area contributed by atoms with E-state index in [1.54, 1.807) is 26.0 Å². The zero-order chi connectivity index (χ0) is 25.6. The van der Waals surface area contributed by atoms with Gasteiger partial charge in [-0.25, -0.2) is 9.48 Å². The van der Waals surface area contributed by atoms with Crippen molar-refractivity contribution in [3.63, 3.8) is 0 Å². The van der Waals surface area contributed by atoms with Crippen molar-refractivity contribution in [2.45, 2.75) is 70.3 Å². The molecule has 7 nitrogen and oxygen atoms in total. The molecule has 1 amide bonds. The highest BCUT2D eigenvalue weighted by Crippen LogP contribution is 2.45. The number of anilines is 2. The maximum absolute atomic E-state index is 13.9. The van der Waals surface area contributed by atoms with Crippen LogP contribution in [0.25, 0.3) is 0 Å². The fourth-order valence-corrected chi connectivity index (χ4v) is 6.73. The number of aromatic nitrogens is 2. The van der Waals surface area contributed by atoms with Crippen molar-refractivity contribution in [2.75, 3.05) is 10.6 Å². The van der Waals surface area contributed by atoms with E-state index in [0.717, 1.165) is 39.3 Å². The van der Waals surface area contributed by atoms with E-state index >= 15 is 0 Å². The molecule has 2 unspecified atom stereocenters. The minimum atomic E-state index is -4.54. The maximum atomic E-state index is 13.9. The molecule has 0 bridgehead atoms. The lowest BCUT2D eigenvalue weighted by Crippen LogP contribution is -2.35. The predicted octanol–water partition coefficient (Wildman–Crippen LogP) is 6.36. The standard InChI is InChI=1S/C24H25F3N4O3S2/c1-12(2)34-23(33)20-13-6-3-4-7-16(13)36-22(20)29-21(32)15-11-19-28-14(17-8-5-9-35-17)10-18(24(25,26)27)31(19)30-15/h5,8-9,11-12,14,18,28H,3-4,6-7,10H2,1-2H3,(H,29,32). The molecule has 1 aliphatic carbocycles. The molecule has 1 aliphatic heterocycles. The Morgan fingerprint density at radius 2 is 2.06 bits per heavy atom. The van der Waals surface area contributed by atoms with Gasteiger partial charge >= 0.3 is 12.1 Å². The topological polar surface area (TPSA) is 85.2 Å². The Kier molecular flexibility index (Phi) is 6.58. The number of halogens is 3. The summed E-state index contributed by atoms with van der Waals surface area (Å²) in [5.41, 5.74) is 1.06. The molecule has 2 N–H and O–H groups in total. The summed E-state index contributed by atoms with van der Waals surface area (Å²) in [4.78, 5) is 27.8. The zero-order valence-corrected chi connectivity index (χ0v) is 21.3. The molecule has 0 aromatic carbocycles. The van der Waals surface area contributed by atoms with Crippen molar-refractivity contribution in [3.05, 3.63) is 50.2 Å². The second-order valence-electron chi connectivity index (χ2n) is 9.19. The van der Waals surface area contributed by atoms with Crippen molar-refractivity contribution in [3.8, 4) is 0 Å². The number of rotatable bonds is 5. The Bertz CT molecular complexity index is 1280. The molecule has 4 heterocycles. The first-order valence-corrected chi connectivity index (χ1v) is 13.4. The highest BCUT2D eigenvalue weighted by molar-refractivity contribution is 7.17. The summed E-state index contributed by atoms with van der Waals surface area (Å²) >= 11 is 2.69. The third-order valence-electron chi connectivity index (χ3n) is 6.25. The summed E-state index contributed by atoms with van der Waals surface area (Å²) in [7, 11) is 0. The molecule has 0 fully saturated rings. The van der Waals surface area contributed by atoms with Gasteiger partial charge in [0.05, 0.1) is 17.7 Å². The van der Waals surface area contributed by atoms with E-state index in [9.17, 15) is 22.8 Å². The van der Waals surface area contributed by atoms with Crippen molar-refractivity contribution >= 4 is 45.4 Å². The second kappa shape index (κ2) is 9.55. The van der Waals surface area contributed by atoms with E-state index in [-0.39, 0.29) is 24.0 Å². The van der Waals surface area contributed by atoms with E-state index in [1.807, 2.05) is 5.38 Å². The van der Waals surface area contributed by atoms with E-state index in [2.05, 4.69) is 15.7 Å². The number of nitrogens with one attached hydrogen (secondary N) is 2. The number of amides is 1. The second-order valence-corrected chi connectivity index (χ2v) is 11.3. The van der Waals surface area contributed by atoms with Gasteiger partial charge in [0.1, 0.15) is 10.8 Å². The normalized spacial score (nSPS) is 19.4. The average molecular weight is 539 g/mol. The van der Waals surface area contributed by atoms with Crippen LogP contribution in [-0.2, 0) is 17.6 Å². The lowest BCUT2D eigenvalue weighted by molar-refractivity contribution is -0.173. The smallest absolute Gasteiger partial charge is 0.410 e. The van der Waals surface area contributed by atoms with Crippen LogP contribution in [0.5, 0.6) is 0 Å². The summed E-state index contributed by atoms with van der Waals surface area (Å²) in [5, 5.41) is 12.0. The minimum Gasteiger partial charge on any atom is -0.459 e. The molecule has 3 aromatic rings. The van der Waals surface area contributed by atoms with Gasteiger partial charge in [-0.1, -0.05) is 6.07 Å². The van der Waals surface area contributed by atoms with Crippen LogP contribution in [0, 0.1) is 0 Å². The number of thiophene rings is 2. The number of carbonyl (C=O) groups is 2. The fourth-order valence-electron chi connectivity index (χ4n) is 4.67. The number of fused-ring (bicyclic) bond motifs is 2. The molecule has 36 heavy (non-hydrogen) atoms. The van der Waals surface area contributed by atoms with Crippen LogP contribution in [0.4, 0.5) is 24.0 Å². The molecule has 0 spiro atoms. The van der Waals surface area contributed by atoms with Crippen LogP contribution < -0.4 is 10.6 Å². The summed E-state index contributed by atoms with van der Waals surface area (Å²) in [6.07, 6.45) is -1.66. The van der Waals surface area contributed by atoms with E-state index in [0.29, 0.717) is 17.0 Å². The first-order valence-electron chi connectivity index (χ1n) is 11.7. The van der Waals surface area contributed by atoms with Crippen molar-refractivity contribution in [1.82, 2.24) is 9.78 Å². The minimum absolute atomic E-state index is 0.122. The lowest BCUT2D eigenvalue weighted by Gasteiger charge is -2.32. The Hall–Kier alpha value is -2.86. The molecule has 5 rings (SSSR count). The van der Waals surface area contributed by atoms with E-state index in [1.165, 1.54) is 28.7 Å². The number of alkyl halides is 3. The number of hydrogen-bond donors (Lipinski definition) is 2. The maximum Gasteiger partial charge on any atom is 0.410 e. The summed E-state index contributed by atoms with van der Waals surface area (Å²) in [6, 6.07) is 2.49. The van der Waals surface area contributed by atoms with Gasteiger partial charge in [0, 0.05) is 22.2 Å². The number of hydrogen-bond acceptors (Lipinski definition) is 7. The molecule has 3 aromatic heterocycles. The van der Waals surface area contributed by atoms with Crippen LogP contribution in [0.3, 0.4) is 0 Å². The number of aryl methyl sites for hydroxylation is 1. The van der Waals surface area contributed by atoms with Crippen molar-refractivity contribution in [2.24, 2.45) is 0 Å².